The van der Waals surface area contributed by atoms with Crippen LogP contribution >= 0.6 is 11.8 Å². The monoisotopic (exact) mass is 427 g/mol. The number of ether oxygens (including phenoxy) is 2. The molecule has 2 aliphatic rings. The van der Waals surface area contributed by atoms with E-state index >= 15 is 0 Å². The number of nitrogen functional groups attached to an aromatic ring is 1. The number of thioether (sulfide) groups is 1. The number of rotatable bonds is 6. The molecule has 0 aliphatic carbocycles. The van der Waals surface area contributed by atoms with Crippen LogP contribution in [0.5, 0.6) is 5.75 Å². The van der Waals surface area contributed by atoms with Gasteiger partial charge in [0.15, 0.2) is 13.0 Å². The summed E-state index contributed by atoms with van der Waals surface area (Å²) in [5.41, 5.74) is 7.85. The van der Waals surface area contributed by atoms with E-state index in [1.807, 2.05) is 6.92 Å². The number of hydrogen-bond donors (Lipinski definition) is 1. The fraction of sp³-hybridized carbons (Fsp3) is 0.286. The molecule has 2 aromatic carbocycles. The lowest BCUT2D eigenvalue weighted by Crippen LogP contribution is -2.39. The maximum absolute atomic E-state index is 13.0. The van der Waals surface area contributed by atoms with Gasteiger partial charge < -0.3 is 15.2 Å². The van der Waals surface area contributed by atoms with Gasteiger partial charge >= 0.3 is 0 Å². The molecule has 1 unspecified atom stereocenters. The summed E-state index contributed by atoms with van der Waals surface area (Å²) in [5.74, 6) is 0.0474. The van der Waals surface area contributed by atoms with Gasteiger partial charge in [0.2, 0.25) is 5.91 Å². The van der Waals surface area contributed by atoms with Crippen LogP contribution in [-0.2, 0) is 9.53 Å². The van der Waals surface area contributed by atoms with Gasteiger partial charge in [0, 0.05) is 23.5 Å². The molecule has 0 saturated carbocycles. The number of nitrogens with two attached hydrogens (primary N) is 1. The number of carbonyl (C=O) groups excluding carboxylic acids is 3. The summed E-state index contributed by atoms with van der Waals surface area (Å²) < 4.78 is 11.6. The van der Waals surface area contributed by atoms with Crippen molar-refractivity contribution in [3.8, 4) is 5.75 Å². The summed E-state index contributed by atoms with van der Waals surface area (Å²) in [6.45, 7) is 2.37. The molecule has 8 nitrogen and oxygen atoms in total. The van der Waals surface area contributed by atoms with Crippen LogP contribution < -0.4 is 15.4 Å². The van der Waals surface area contributed by atoms with E-state index in [4.69, 9.17) is 15.2 Å². The summed E-state index contributed by atoms with van der Waals surface area (Å²) in [4.78, 5) is 40.2. The molecule has 2 aliphatic heterocycles. The maximum Gasteiger partial charge on any atom is 0.291 e. The molecule has 0 spiro atoms. The van der Waals surface area contributed by atoms with Gasteiger partial charge in [0.05, 0.1) is 11.3 Å². The molecular formula is C21H21N3O5S. The Morgan fingerprint density at radius 3 is 2.77 bits per heavy atom. The van der Waals surface area contributed by atoms with E-state index in [0.29, 0.717) is 34.9 Å². The van der Waals surface area contributed by atoms with Crippen molar-refractivity contribution in [3.63, 3.8) is 0 Å². The minimum atomic E-state index is -0.844. The highest BCUT2D eigenvalue weighted by Crippen LogP contribution is 2.34. The van der Waals surface area contributed by atoms with Crippen molar-refractivity contribution < 1.29 is 23.9 Å². The largest absolute Gasteiger partial charge is 0.472 e. The maximum atomic E-state index is 13.0. The average molecular weight is 427 g/mol. The van der Waals surface area contributed by atoms with E-state index in [0.717, 1.165) is 23.1 Å². The highest BCUT2D eigenvalue weighted by atomic mass is 32.2. The van der Waals surface area contributed by atoms with E-state index in [1.54, 1.807) is 42.5 Å². The normalized spacial score (nSPS) is 17.2. The van der Waals surface area contributed by atoms with Gasteiger partial charge in [-0.15, -0.1) is 0 Å². The number of amides is 3. The lowest BCUT2D eigenvalue weighted by Gasteiger charge is -2.30. The Labute approximate surface area is 177 Å². The van der Waals surface area contributed by atoms with Crippen LogP contribution in [0.25, 0.3) is 0 Å². The van der Waals surface area contributed by atoms with Gasteiger partial charge in [-0.2, -0.15) is 0 Å². The molecule has 156 valence electrons. The van der Waals surface area contributed by atoms with Crippen LogP contribution in [0.4, 0.5) is 16.2 Å². The van der Waals surface area contributed by atoms with Gasteiger partial charge in [-0.25, -0.2) is 4.90 Å². The van der Waals surface area contributed by atoms with Gasteiger partial charge in [-0.1, -0.05) is 30.8 Å². The minimum absolute atomic E-state index is 0.0388. The molecule has 3 amide bonds. The van der Waals surface area contributed by atoms with E-state index in [2.05, 4.69) is 0 Å². The Bertz CT molecular complexity index is 996. The van der Waals surface area contributed by atoms with Crippen molar-refractivity contribution in [2.45, 2.75) is 19.6 Å². The van der Waals surface area contributed by atoms with E-state index in [9.17, 15) is 14.4 Å². The minimum Gasteiger partial charge on any atom is -0.472 e. The highest BCUT2D eigenvalue weighted by molar-refractivity contribution is 8.14. The van der Waals surface area contributed by atoms with Gasteiger partial charge in [-0.05, 0) is 36.8 Å². The van der Waals surface area contributed by atoms with Gasteiger partial charge in [0.25, 0.3) is 11.1 Å². The van der Waals surface area contributed by atoms with E-state index < -0.39 is 6.23 Å². The zero-order valence-electron chi connectivity index (χ0n) is 16.4. The number of anilines is 2. The summed E-state index contributed by atoms with van der Waals surface area (Å²) in [6, 6.07) is 12.0. The molecule has 2 N–H and O–H groups in total. The molecule has 30 heavy (non-hydrogen) atoms. The zero-order chi connectivity index (χ0) is 21.3. The highest BCUT2D eigenvalue weighted by Gasteiger charge is 2.38. The molecule has 4 rings (SSSR count). The number of benzene rings is 2. The summed E-state index contributed by atoms with van der Waals surface area (Å²) in [6.07, 6.45) is -0.111. The second-order valence-corrected chi connectivity index (χ2v) is 7.83. The first kappa shape index (κ1) is 20.2. The Morgan fingerprint density at radius 2 is 2.03 bits per heavy atom. The van der Waals surface area contributed by atoms with Crippen molar-refractivity contribution >= 4 is 40.2 Å². The SMILES string of the molecule is CCCOC(c1cccc(N2COc3ccc(N)cc3C2=O)c1)N1C(=O)CSC1=O. The van der Waals surface area contributed by atoms with Crippen LogP contribution in [-0.4, -0.2) is 41.0 Å². The van der Waals surface area contributed by atoms with Crippen molar-refractivity contribution in [1.29, 1.82) is 0 Å². The summed E-state index contributed by atoms with van der Waals surface area (Å²) in [7, 11) is 0. The van der Waals surface area contributed by atoms with Crippen LogP contribution in [0, 0.1) is 0 Å². The second-order valence-electron chi connectivity index (χ2n) is 6.90. The number of nitrogens with zero attached hydrogens (tertiary/aromatic N) is 2. The Morgan fingerprint density at radius 1 is 1.20 bits per heavy atom. The predicted molar refractivity (Wildman–Crippen MR) is 113 cm³/mol. The zero-order valence-corrected chi connectivity index (χ0v) is 17.2. The standard InChI is InChI=1S/C21H21N3O5S/c1-2-8-28-20(24-18(25)11-30-21(24)27)13-4-3-5-15(9-13)23-12-29-17-7-6-14(22)10-16(17)19(23)26/h3-7,9-10,20H,2,8,11-12,22H2,1H3. The fourth-order valence-electron chi connectivity index (χ4n) is 3.36. The molecule has 1 saturated heterocycles. The molecule has 2 aromatic rings. The lowest BCUT2D eigenvalue weighted by atomic mass is 10.1. The second kappa shape index (κ2) is 8.37. The van der Waals surface area contributed by atoms with Crippen molar-refractivity contribution in [2.75, 3.05) is 29.7 Å². The summed E-state index contributed by atoms with van der Waals surface area (Å²) >= 11 is 0.957. The molecule has 0 aromatic heterocycles. The quantitative estimate of drug-likeness (QED) is 0.705. The molecule has 2 heterocycles. The predicted octanol–water partition coefficient (Wildman–Crippen LogP) is 3.39. The van der Waals surface area contributed by atoms with Crippen LogP contribution in [0.1, 0.15) is 35.5 Å². The number of fused-ring (bicyclic) bond motifs is 1. The number of carbonyl (C=O) groups is 3. The Kier molecular flexibility index (Phi) is 5.65. The van der Waals surface area contributed by atoms with Crippen molar-refractivity contribution in [2.24, 2.45) is 0 Å². The summed E-state index contributed by atoms with van der Waals surface area (Å²) in [5, 5.41) is -0.340. The molecule has 1 fully saturated rings. The first-order valence-corrected chi connectivity index (χ1v) is 10.5. The van der Waals surface area contributed by atoms with Gasteiger partial charge in [0.1, 0.15) is 5.75 Å². The molecule has 9 heteroatoms. The fourth-order valence-corrected chi connectivity index (χ4v) is 4.08. The molecular weight excluding hydrogens is 406 g/mol. The third kappa shape index (κ3) is 3.73. The lowest BCUT2D eigenvalue weighted by molar-refractivity contribution is -0.136. The Balaban J connectivity index is 1.66. The van der Waals surface area contributed by atoms with Crippen LogP contribution in [0.3, 0.4) is 0 Å². The van der Waals surface area contributed by atoms with E-state index in [-0.39, 0.29) is 29.5 Å². The smallest absolute Gasteiger partial charge is 0.291 e. The Hall–Kier alpha value is -3.04. The number of hydrogen-bond acceptors (Lipinski definition) is 7. The van der Waals surface area contributed by atoms with Crippen LogP contribution in [0.15, 0.2) is 42.5 Å². The topological polar surface area (TPSA) is 102 Å². The van der Waals surface area contributed by atoms with Crippen molar-refractivity contribution in [3.05, 3.63) is 53.6 Å². The molecule has 0 bridgehead atoms. The van der Waals surface area contributed by atoms with Gasteiger partial charge in [-0.3, -0.25) is 19.3 Å². The molecule has 0 radical (unpaired) electrons. The third-order valence-corrected chi connectivity index (χ3v) is 5.63. The average Bonchev–Trinajstić information content (AvgIpc) is 3.08. The molecule has 1 atom stereocenters. The number of imide groups is 1. The third-order valence-electron chi connectivity index (χ3n) is 4.79. The van der Waals surface area contributed by atoms with Crippen molar-refractivity contribution in [1.82, 2.24) is 4.90 Å². The van der Waals surface area contributed by atoms with E-state index in [1.165, 1.54) is 4.90 Å². The van der Waals surface area contributed by atoms with Crippen LogP contribution in [0.2, 0.25) is 0 Å². The first-order valence-electron chi connectivity index (χ1n) is 9.54. The first-order chi connectivity index (χ1) is 14.5.